The highest BCUT2D eigenvalue weighted by molar-refractivity contribution is 5.83. The maximum atomic E-state index is 4.29. The fraction of sp³-hybridized carbons (Fsp3) is 0.650. The van der Waals surface area contributed by atoms with Crippen molar-refractivity contribution in [3.63, 3.8) is 0 Å². The third kappa shape index (κ3) is 4.86. The second kappa shape index (κ2) is 8.36. The standard InChI is InChI=1S/2C10H17N/c1-7(2)9-5-11-6-10(9)8(3)4;1-7(2)9-5-6-11-10(9)8(3)4/h5,7-8H,6H2,1-4H3;5-8,11H,1-4H3. The summed E-state index contributed by atoms with van der Waals surface area (Å²) in [5, 5.41) is 0. The normalized spacial score (nSPS) is 14.5. The molecule has 0 aliphatic carbocycles. The molecular weight excluding hydrogens is 268 g/mol. The number of rotatable bonds is 4. The van der Waals surface area contributed by atoms with Crippen LogP contribution in [-0.2, 0) is 0 Å². The van der Waals surface area contributed by atoms with E-state index in [-0.39, 0.29) is 0 Å². The second-order valence-corrected chi connectivity index (χ2v) is 7.42. The third-order valence-electron chi connectivity index (χ3n) is 4.19. The van der Waals surface area contributed by atoms with Gasteiger partial charge in [0.05, 0.1) is 6.54 Å². The summed E-state index contributed by atoms with van der Waals surface area (Å²) >= 11 is 0. The molecule has 0 radical (unpaired) electrons. The van der Waals surface area contributed by atoms with Crippen molar-refractivity contribution >= 4 is 6.21 Å². The molecule has 0 spiro atoms. The number of nitrogens with one attached hydrogen (secondary N) is 1. The van der Waals surface area contributed by atoms with E-state index >= 15 is 0 Å². The first-order valence-electron chi connectivity index (χ1n) is 8.65. The van der Waals surface area contributed by atoms with E-state index in [0.717, 1.165) is 6.54 Å². The molecule has 1 N–H and O–H groups in total. The molecule has 0 saturated heterocycles. The first kappa shape index (κ1) is 18.7. The highest BCUT2D eigenvalue weighted by Gasteiger charge is 2.15. The average Bonchev–Trinajstić information content (AvgIpc) is 3.08. The van der Waals surface area contributed by atoms with Crippen molar-refractivity contribution in [1.29, 1.82) is 0 Å². The molecule has 22 heavy (non-hydrogen) atoms. The van der Waals surface area contributed by atoms with Gasteiger partial charge in [-0.15, -0.1) is 0 Å². The Morgan fingerprint density at radius 2 is 1.50 bits per heavy atom. The second-order valence-electron chi connectivity index (χ2n) is 7.42. The van der Waals surface area contributed by atoms with Crippen molar-refractivity contribution in [3.05, 3.63) is 34.7 Å². The van der Waals surface area contributed by atoms with Crippen molar-refractivity contribution < 1.29 is 0 Å². The molecule has 2 rings (SSSR count). The third-order valence-corrected chi connectivity index (χ3v) is 4.19. The molecule has 124 valence electrons. The minimum Gasteiger partial charge on any atom is -0.365 e. The number of allylic oxidation sites excluding steroid dienone is 1. The van der Waals surface area contributed by atoms with Crippen LogP contribution < -0.4 is 0 Å². The molecule has 0 fully saturated rings. The summed E-state index contributed by atoms with van der Waals surface area (Å²) < 4.78 is 0. The molecule has 0 unspecified atom stereocenters. The zero-order valence-corrected chi connectivity index (χ0v) is 15.7. The molecule has 0 aromatic carbocycles. The van der Waals surface area contributed by atoms with Crippen LogP contribution in [0.25, 0.3) is 0 Å². The van der Waals surface area contributed by atoms with Gasteiger partial charge in [0.15, 0.2) is 0 Å². The summed E-state index contributed by atoms with van der Waals surface area (Å²) in [4.78, 5) is 7.58. The van der Waals surface area contributed by atoms with Gasteiger partial charge >= 0.3 is 0 Å². The van der Waals surface area contributed by atoms with Crippen molar-refractivity contribution in [1.82, 2.24) is 4.98 Å². The van der Waals surface area contributed by atoms with Crippen molar-refractivity contribution in [2.75, 3.05) is 6.54 Å². The van der Waals surface area contributed by atoms with Gasteiger partial charge in [-0.25, -0.2) is 0 Å². The van der Waals surface area contributed by atoms with Crippen LogP contribution in [0.4, 0.5) is 0 Å². The van der Waals surface area contributed by atoms with Gasteiger partial charge in [0.1, 0.15) is 0 Å². The Balaban J connectivity index is 0.000000220. The van der Waals surface area contributed by atoms with Gasteiger partial charge in [0, 0.05) is 18.1 Å². The lowest BCUT2D eigenvalue weighted by Crippen LogP contribution is -2.03. The molecule has 0 amide bonds. The largest absolute Gasteiger partial charge is 0.365 e. The molecule has 1 aliphatic rings. The topological polar surface area (TPSA) is 28.1 Å². The Kier molecular flexibility index (Phi) is 7.12. The predicted molar refractivity (Wildman–Crippen MR) is 99.0 cm³/mol. The molecule has 2 heterocycles. The Morgan fingerprint density at radius 1 is 0.864 bits per heavy atom. The summed E-state index contributed by atoms with van der Waals surface area (Å²) in [6, 6.07) is 2.18. The van der Waals surface area contributed by atoms with E-state index in [1.165, 1.54) is 22.4 Å². The van der Waals surface area contributed by atoms with Gasteiger partial charge in [0.2, 0.25) is 0 Å². The van der Waals surface area contributed by atoms with Gasteiger partial charge in [-0.05, 0) is 46.4 Å². The first-order valence-corrected chi connectivity index (χ1v) is 8.65. The van der Waals surface area contributed by atoms with Gasteiger partial charge in [-0.1, -0.05) is 55.4 Å². The molecule has 2 heteroatoms. The number of aromatic amines is 1. The molecule has 1 aromatic rings. The van der Waals surface area contributed by atoms with Crippen LogP contribution in [-0.4, -0.2) is 17.7 Å². The van der Waals surface area contributed by atoms with Gasteiger partial charge in [-0.3, -0.25) is 4.99 Å². The number of hydrogen-bond acceptors (Lipinski definition) is 1. The van der Waals surface area contributed by atoms with Crippen LogP contribution in [0, 0.1) is 11.8 Å². The van der Waals surface area contributed by atoms with Crippen LogP contribution in [0.5, 0.6) is 0 Å². The summed E-state index contributed by atoms with van der Waals surface area (Å²) in [5.74, 6) is 2.55. The maximum absolute atomic E-state index is 4.29. The van der Waals surface area contributed by atoms with Gasteiger partial charge < -0.3 is 4.98 Å². The minimum absolute atomic E-state index is 0.613. The molecule has 0 atom stereocenters. The monoisotopic (exact) mass is 302 g/mol. The van der Waals surface area contributed by atoms with E-state index in [0.29, 0.717) is 23.7 Å². The summed E-state index contributed by atoms with van der Waals surface area (Å²) in [5.41, 5.74) is 5.83. The number of aliphatic imine (C=N–C) groups is 1. The number of H-pyrrole nitrogens is 1. The van der Waals surface area contributed by atoms with E-state index in [1.54, 1.807) is 0 Å². The van der Waals surface area contributed by atoms with E-state index in [9.17, 15) is 0 Å². The number of nitrogens with zero attached hydrogens (tertiary/aromatic N) is 1. The Hall–Kier alpha value is -1.31. The SMILES string of the molecule is CC(C)C1=C(C(C)C)CN=C1.CC(C)c1cc[nH]c1C(C)C. The van der Waals surface area contributed by atoms with E-state index in [2.05, 4.69) is 71.4 Å². The molecule has 0 bridgehead atoms. The Bertz CT molecular complexity index is 491. The summed E-state index contributed by atoms with van der Waals surface area (Å²) in [6.45, 7) is 18.8. The molecule has 1 aliphatic heterocycles. The van der Waals surface area contributed by atoms with Crippen molar-refractivity contribution in [2.45, 2.75) is 67.2 Å². The van der Waals surface area contributed by atoms with Crippen LogP contribution in [0.1, 0.15) is 78.5 Å². The predicted octanol–water partition coefficient (Wildman–Crippen LogP) is 5.94. The fourth-order valence-electron chi connectivity index (χ4n) is 2.85. The van der Waals surface area contributed by atoms with Gasteiger partial charge in [-0.2, -0.15) is 0 Å². The van der Waals surface area contributed by atoms with Crippen molar-refractivity contribution in [2.24, 2.45) is 16.8 Å². The first-order chi connectivity index (χ1) is 10.3. The lowest BCUT2D eigenvalue weighted by molar-refractivity contribution is 0.712. The van der Waals surface area contributed by atoms with Crippen molar-refractivity contribution in [3.8, 4) is 0 Å². The Morgan fingerprint density at radius 3 is 1.86 bits per heavy atom. The molecule has 1 aromatic heterocycles. The quantitative estimate of drug-likeness (QED) is 0.713. The fourth-order valence-corrected chi connectivity index (χ4v) is 2.85. The summed E-state index contributed by atoms with van der Waals surface area (Å²) in [7, 11) is 0. The smallest absolute Gasteiger partial charge is 0.0608 e. The summed E-state index contributed by atoms with van der Waals surface area (Å²) in [6.07, 6.45) is 4.07. The van der Waals surface area contributed by atoms with Gasteiger partial charge in [0.25, 0.3) is 0 Å². The average molecular weight is 303 g/mol. The Labute approximate surface area is 137 Å². The molecule has 2 nitrogen and oxygen atoms in total. The van der Waals surface area contributed by atoms with E-state index in [1.807, 2.05) is 12.4 Å². The lowest BCUT2D eigenvalue weighted by atomic mass is 9.93. The lowest BCUT2D eigenvalue weighted by Gasteiger charge is -2.11. The minimum atomic E-state index is 0.613. The maximum Gasteiger partial charge on any atom is 0.0608 e. The van der Waals surface area contributed by atoms with Crippen LogP contribution in [0.15, 0.2) is 28.4 Å². The zero-order valence-electron chi connectivity index (χ0n) is 15.7. The highest BCUT2D eigenvalue weighted by Crippen LogP contribution is 2.24. The molecular formula is C20H34N2. The number of hydrogen-bond donors (Lipinski definition) is 1. The zero-order chi connectivity index (χ0) is 16.9. The van der Waals surface area contributed by atoms with Crippen LogP contribution in [0.2, 0.25) is 0 Å². The van der Waals surface area contributed by atoms with E-state index in [4.69, 9.17) is 0 Å². The molecule has 0 saturated carbocycles. The van der Waals surface area contributed by atoms with E-state index < -0.39 is 0 Å². The van der Waals surface area contributed by atoms with Crippen LogP contribution >= 0.6 is 0 Å². The van der Waals surface area contributed by atoms with Crippen LogP contribution in [0.3, 0.4) is 0 Å². The number of aromatic nitrogens is 1. The highest BCUT2D eigenvalue weighted by atomic mass is 14.7.